The fourth-order valence-corrected chi connectivity index (χ4v) is 3.80. The van der Waals surface area contributed by atoms with Crippen molar-refractivity contribution in [2.24, 2.45) is 11.3 Å². The van der Waals surface area contributed by atoms with Crippen LogP contribution in [0.1, 0.15) is 25.7 Å². The molecule has 3 fully saturated rings. The Morgan fingerprint density at radius 1 is 1.40 bits per heavy atom. The van der Waals surface area contributed by atoms with Crippen molar-refractivity contribution in [3.05, 3.63) is 0 Å². The molecule has 3 atom stereocenters. The van der Waals surface area contributed by atoms with Crippen molar-refractivity contribution in [2.45, 2.75) is 31.7 Å². The summed E-state index contributed by atoms with van der Waals surface area (Å²) in [5, 5.41) is 9.63. The first-order valence-corrected chi connectivity index (χ1v) is 6.27. The molecule has 1 aliphatic carbocycles. The molecule has 3 heteroatoms. The number of hydrogen-bond donors (Lipinski definition) is 1. The summed E-state index contributed by atoms with van der Waals surface area (Å²) in [5.41, 5.74) is 0.253. The van der Waals surface area contributed by atoms with Crippen LogP contribution in [-0.4, -0.2) is 49.0 Å². The zero-order chi connectivity index (χ0) is 10.3. The Labute approximate surface area is 91.4 Å². The molecule has 0 amide bonds. The summed E-state index contributed by atoms with van der Waals surface area (Å²) in [4.78, 5) is 2.58. The molecule has 0 aromatic rings. The monoisotopic (exact) mass is 211 g/mol. The first-order valence-electron chi connectivity index (χ1n) is 6.27. The summed E-state index contributed by atoms with van der Waals surface area (Å²) in [6.45, 7) is 4.55. The largest absolute Gasteiger partial charge is 0.396 e. The van der Waals surface area contributed by atoms with Gasteiger partial charge in [-0.05, 0) is 25.2 Å². The van der Waals surface area contributed by atoms with Crippen molar-refractivity contribution in [2.75, 3.05) is 32.9 Å². The quantitative estimate of drug-likeness (QED) is 0.735. The minimum atomic E-state index is 0.253. The van der Waals surface area contributed by atoms with E-state index in [2.05, 4.69) is 4.90 Å². The third-order valence-corrected chi connectivity index (χ3v) is 4.80. The molecule has 2 aliphatic heterocycles. The average molecular weight is 211 g/mol. The Kier molecular flexibility index (Phi) is 2.49. The maximum atomic E-state index is 9.63. The van der Waals surface area contributed by atoms with Gasteiger partial charge in [0.25, 0.3) is 0 Å². The minimum absolute atomic E-state index is 0.253. The lowest BCUT2D eigenvalue weighted by Gasteiger charge is -2.27. The third-order valence-electron chi connectivity index (χ3n) is 4.80. The van der Waals surface area contributed by atoms with Crippen molar-refractivity contribution in [1.29, 1.82) is 0 Å². The number of hydrogen-bond acceptors (Lipinski definition) is 3. The van der Waals surface area contributed by atoms with E-state index in [-0.39, 0.29) is 5.41 Å². The topological polar surface area (TPSA) is 32.7 Å². The van der Waals surface area contributed by atoms with Crippen molar-refractivity contribution in [1.82, 2.24) is 4.90 Å². The number of nitrogens with zero attached hydrogens (tertiary/aromatic N) is 1. The molecule has 3 nitrogen and oxygen atoms in total. The summed E-state index contributed by atoms with van der Waals surface area (Å²) < 4.78 is 5.45. The second-order valence-corrected chi connectivity index (χ2v) is 5.56. The molecule has 3 rings (SSSR count). The van der Waals surface area contributed by atoms with Crippen molar-refractivity contribution in [3.63, 3.8) is 0 Å². The third kappa shape index (κ3) is 1.52. The number of aliphatic hydroxyl groups excluding tert-OH is 1. The van der Waals surface area contributed by atoms with Crippen molar-refractivity contribution in [3.8, 4) is 0 Å². The number of fused-ring (bicyclic) bond motifs is 1. The van der Waals surface area contributed by atoms with Crippen LogP contribution in [0.5, 0.6) is 0 Å². The van der Waals surface area contributed by atoms with Gasteiger partial charge in [0.1, 0.15) is 0 Å². The van der Waals surface area contributed by atoms with Gasteiger partial charge in [-0.3, -0.25) is 4.90 Å². The van der Waals surface area contributed by atoms with Crippen LogP contribution in [0.15, 0.2) is 0 Å². The lowest BCUT2D eigenvalue weighted by atomic mass is 9.82. The Balaban J connectivity index is 1.71. The molecule has 1 unspecified atom stereocenters. The first-order chi connectivity index (χ1) is 7.34. The molecule has 0 bridgehead atoms. The van der Waals surface area contributed by atoms with E-state index in [1.54, 1.807) is 0 Å². The standard InChI is InChI=1S/C12H21NO2/c14-9-12-4-1-2-10(12)6-13(8-12)11-3-5-15-7-11/h10-11,14H,1-9H2/t10-,11?,12+/m0/s1. The van der Waals surface area contributed by atoms with Gasteiger partial charge in [-0.2, -0.15) is 0 Å². The van der Waals surface area contributed by atoms with E-state index < -0.39 is 0 Å². The maximum absolute atomic E-state index is 9.63. The summed E-state index contributed by atoms with van der Waals surface area (Å²) in [6.07, 6.45) is 5.07. The van der Waals surface area contributed by atoms with E-state index >= 15 is 0 Å². The first kappa shape index (κ1) is 10.1. The molecule has 86 valence electrons. The summed E-state index contributed by atoms with van der Waals surface area (Å²) >= 11 is 0. The molecule has 15 heavy (non-hydrogen) atoms. The maximum Gasteiger partial charge on any atom is 0.0622 e. The van der Waals surface area contributed by atoms with Crippen LogP contribution in [-0.2, 0) is 4.74 Å². The second kappa shape index (κ2) is 3.72. The summed E-state index contributed by atoms with van der Waals surface area (Å²) in [5.74, 6) is 0.753. The number of ether oxygens (including phenoxy) is 1. The van der Waals surface area contributed by atoms with E-state index in [0.29, 0.717) is 12.6 Å². The van der Waals surface area contributed by atoms with Gasteiger partial charge in [-0.1, -0.05) is 6.42 Å². The highest BCUT2D eigenvalue weighted by atomic mass is 16.5. The number of likely N-dealkylation sites (tertiary alicyclic amines) is 1. The Hall–Kier alpha value is -0.120. The van der Waals surface area contributed by atoms with Crippen molar-refractivity contribution < 1.29 is 9.84 Å². The van der Waals surface area contributed by atoms with Gasteiger partial charge in [0.15, 0.2) is 0 Å². The molecule has 2 heterocycles. The average Bonchev–Trinajstić information content (AvgIpc) is 2.92. The van der Waals surface area contributed by atoms with Crippen LogP contribution in [0.2, 0.25) is 0 Å². The smallest absolute Gasteiger partial charge is 0.0622 e. The van der Waals surface area contributed by atoms with Crippen molar-refractivity contribution >= 4 is 0 Å². The van der Waals surface area contributed by atoms with Crippen LogP contribution in [0, 0.1) is 11.3 Å². The molecule has 0 radical (unpaired) electrons. The van der Waals surface area contributed by atoms with Crippen LogP contribution in [0.3, 0.4) is 0 Å². The molecular weight excluding hydrogens is 190 g/mol. The van der Waals surface area contributed by atoms with Crippen LogP contribution >= 0.6 is 0 Å². The lowest BCUT2D eigenvalue weighted by molar-refractivity contribution is 0.102. The highest BCUT2D eigenvalue weighted by Gasteiger charge is 2.50. The predicted molar refractivity (Wildman–Crippen MR) is 57.7 cm³/mol. The van der Waals surface area contributed by atoms with Crippen LogP contribution in [0.25, 0.3) is 0 Å². The molecule has 0 aromatic carbocycles. The van der Waals surface area contributed by atoms with E-state index in [9.17, 15) is 5.11 Å². The fourth-order valence-electron chi connectivity index (χ4n) is 3.80. The van der Waals surface area contributed by atoms with E-state index in [4.69, 9.17) is 4.74 Å². The van der Waals surface area contributed by atoms with Crippen LogP contribution < -0.4 is 0 Å². The molecule has 2 saturated heterocycles. The zero-order valence-electron chi connectivity index (χ0n) is 9.32. The van der Waals surface area contributed by atoms with Gasteiger partial charge in [-0.15, -0.1) is 0 Å². The van der Waals surface area contributed by atoms with Gasteiger partial charge in [0, 0.05) is 31.2 Å². The molecular formula is C12H21NO2. The molecule has 0 aromatic heterocycles. The van der Waals surface area contributed by atoms with E-state index in [1.165, 1.54) is 32.2 Å². The van der Waals surface area contributed by atoms with Gasteiger partial charge < -0.3 is 9.84 Å². The number of aliphatic hydroxyl groups is 1. The molecule has 1 saturated carbocycles. The highest BCUT2D eigenvalue weighted by molar-refractivity contribution is 5.02. The Bertz CT molecular complexity index is 240. The number of rotatable bonds is 2. The van der Waals surface area contributed by atoms with E-state index in [1.807, 2.05) is 0 Å². The zero-order valence-corrected chi connectivity index (χ0v) is 9.32. The highest BCUT2D eigenvalue weighted by Crippen LogP contribution is 2.49. The fraction of sp³-hybridized carbons (Fsp3) is 1.00. The van der Waals surface area contributed by atoms with Gasteiger partial charge in [-0.25, -0.2) is 0 Å². The Morgan fingerprint density at radius 3 is 3.00 bits per heavy atom. The SMILES string of the molecule is OC[C@]12CCC[C@H]1CN(C1CCOC1)C2. The lowest BCUT2D eigenvalue weighted by Crippen LogP contribution is -2.37. The molecule has 3 aliphatic rings. The molecule has 1 N–H and O–H groups in total. The van der Waals surface area contributed by atoms with Gasteiger partial charge in [0.05, 0.1) is 13.2 Å². The predicted octanol–water partition coefficient (Wildman–Crippen LogP) is 0.870. The summed E-state index contributed by atoms with van der Waals surface area (Å²) in [7, 11) is 0. The normalized spacial score (nSPS) is 46.2. The molecule has 0 spiro atoms. The van der Waals surface area contributed by atoms with E-state index in [0.717, 1.165) is 25.7 Å². The van der Waals surface area contributed by atoms with Gasteiger partial charge >= 0.3 is 0 Å². The second-order valence-electron chi connectivity index (χ2n) is 5.56. The van der Waals surface area contributed by atoms with Gasteiger partial charge in [0.2, 0.25) is 0 Å². The Morgan fingerprint density at radius 2 is 2.33 bits per heavy atom. The minimum Gasteiger partial charge on any atom is -0.396 e. The van der Waals surface area contributed by atoms with Crippen LogP contribution in [0.4, 0.5) is 0 Å². The summed E-state index contributed by atoms with van der Waals surface area (Å²) in [6, 6.07) is 0.638.